The van der Waals surface area contributed by atoms with Crippen LogP contribution in [0, 0.1) is 6.92 Å². The lowest BCUT2D eigenvalue weighted by Gasteiger charge is -2.16. The molecule has 0 saturated carbocycles. The van der Waals surface area contributed by atoms with Crippen molar-refractivity contribution in [3.8, 4) is 11.5 Å². The summed E-state index contributed by atoms with van der Waals surface area (Å²) in [6.07, 6.45) is -1.13. The largest absolute Gasteiger partial charge is 0.490 e. The number of benzene rings is 2. The van der Waals surface area contributed by atoms with Crippen LogP contribution in [0.25, 0.3) is 0 Å². The van der Waals surface area contributed by atoms with Crippen LogP contribution in [0.2, 0.25) is 0 Å². The maximum absolute atomic E-state index is 12.2. The molecule has 0 heterocycles. The van der Waals surface area contributed by atoms with Crippen LogP contribution in [0.15, 0.2) is 53.4 Å². The molecule has 0 fully saturated rings. The quantitative estimate of drug-likeness (QED) is 0.581. The monoisotopic (exact) mass is 351 g/mol. The summed E-state index contributed by atoms with van der Waals surface area (Å²) in [4.78, 5) is 0.0540. The van der Waals surface area contributed by atoms with Crippen LogP contribution in [0.5, 0.6) is 11.5 Å². The van der Waals surface area contributed by atoms with Crippen molar-refractivity contribution < 1.29 is 22.1 Å². The number of nitrogens with two attached hydrogens (primary N) is 1. The SMILES string of the molecule is CCOc1ccccc1OCC(N)OS(=O)(=O)c1ccc(C)cc1. The average molecular weight is 351 g/mol. The normalized spacial score (nSPS) is 12.6. The molecule has 7 heteroatoms. The first-order chi connectivity index (χ1) is 11.4. The zero-order chi connectivity index (χ0) is 17.6. The van der Waals surface area contributed by atoms with Gasteiger partial charge in [0.1, 0.15) is 6.61 Å². The van der Waals surface area contributed by atoms with Crippen molar-refractivity contribution in [1.82, 2.24) is 0 Å². The highest BCUT2D eigenvalue weighted by Gasteiger charge is 2.20. The Hall–Kier alpha value is -2.09. The number of para-hydroxylation sites is 2. The lowest BCUT2D eigenvalue weighted by atomic mass is 10.2. The zero-order valence-corrected chi connectivity index (χ0v) is 14.5. The van der Waals surface area contributed by atoms with Crippen LogP contribution in [0.4, 0.5) is 0 Å². The number of hydrogen-bond acceptors (Lipinski definition) is 6. The van der Waals surface area contributed by atoms with Crippen molar-refractivity contribution >= 4 is 10.1 Å². The molecule has 1 unspecified atom stereocenters. The lowest BCUT2D eigenvalue weighted by molar-refractivity contribution is 0.136. The molecule has 0 amide bonds. The Morgan fingerprint density at radius 3 is 2.17 bits per heavy atom. The Balaban J connectivity index is 1.98. The summed E-state index contributed by atoms with van der Waals surface area (Å²) in [6, 6.07) is 13.4. The molecule has 0 aromatic heterocycles. The molecule has 0 radical (unpaired) electrons. The first kappa shape index (κ1) is 18.3. The Labute approximate surface area is 142 Å². The van der Waals surface area contributed by atoms with E-state index in [4.69, 9.17) is 19.4 Å². The van der Waals surface area contributed by atoms with Crippen LogP contribution < -0.4 is 15.2 Å². The van der Waals surface area contributed by atoms with Gasteiger partial charge in [-0.05, 0) is 38.1 Å². The van der Waals surface area contributed by atoms with Crippen LogP contribution in [0.1, 0.15) is 12.5 Å². The Morgan fingerprint density at radius 1 is 1.00 bits per heavy atom. The van der Waals surface area contributed by atoms with Gasteiger partial charge >= 0.3 is 0 Å². The van der Waals surface area contributed by atoms with Crippen molar-refractivity contribution in [3.63, 3.8) is 0 Å². The molecule has 1 atom stereocenters. The highest BCUT2D eigenvalue weighted by atomic mass is 32.2. The third-order valence-electron chi connectivity index (χ3n) is 3.11. The molecule has 24 heavy (non-hydrogen) atoms. The van der Waals surface area contributed by atoms with Gasteiger partial charge in [-0.3, -0.25) is 0 Å². The first-order valence-electron chi connectivity index (χ1n) is 7.52. The molecule has 2 aromatic carbocycles. The van der Waals surface area contributed by atoms with E-state index in [1.807, 2.05) is 19.9 Å². The molecule has 130 valence electrons. The third kappa shape index (κ3) is 4.95. The Bertz CT molecular complexity index is 759. The Morgan fingerprint density at radius 2 is 1.58 bits per heavy atom. The average Bonchev–Trinajstić information content (AvgIpc) is 2.54. The van der Waals surface area contributed by atoms with Gasteiger partial charge in [0, 0.05) is 0 Å². The number of rotatable bonds is 8. The van der Waals surface area contributed by atoms with E-state index in [1.54, 1.807) is 30.3 Å². The van der Waals surface area contributed by atoms with Crippen molar-refractivity contribution in [2.45, 2.75) is 25.0 Å². The van der Waals surface area contributed by atoms with Crippen LogP contribution >= 0.6 is 0 Å². The van der Waals surface area contributed by atoms with Gasteiger partial charge in [0.25, 0.3) is 10.1 Å². The van der Waals surface area contributed by atoms with Crippen LogP contribution in [-0.2, 0) is 14.3 Å². The second-order valence-corrected chi connectivity index (χ2v) is 6.66. The maximum atomic E-state index is 12.2. The molecule has 0 aliphatic carbocycles. The molecule has 2 aromatic rings. The highest BCUT2D eigenvalue weighted by molar-refractivity contribution is 7.86. The van der Waals surface area contributed by atoms with Gasteiger partial charge in [0.2, 0.25) is 0 Å². The maximum Gasteiger partial charge on any atom is 0.298 e. The predicted molar refractivity (Wildman–Crippen MR) is 90.5 cm³/mol. The summed E-state index contributed by atoms with van der Waals surface area (Å²) in [5, 5.41) is 0. The number of hydrogen-bond donors (Lipinski definition) is 1. The van der Waals surface area contributed by atoms with Crippen molar-refractivity contribution in [2.75, 3.05) is 13.2 Å². The van der Waals surface area contributed by atoms with Gasteiger partial charge in [-0.25, -0.2) is 4.18 Å². The standard InChI is InChI=1S/C17H21NO5S/c1-3-21-15-6-4-5-7-16(15)22-12-17(18)23-24(19,20)14-10-8-13(2)9-11-14/h4-11,17H,3,12,18H2,1-2H3. The minimum absolute atomic E-state index is 0.0540. The fourth-order valence-electron chi connectivity index (χ4n) is 1.97. The van der Waals surface area contributed by atoms with Gasteiger partial charge in [-0.2, -0.15) is 8.42 Å². The van der Waals surface area contributed by atoms with E-state index in [1.165, 1.54) is 12.1 Å². The van der Waals surface area contributed by atoms with Crippen molar-refractivity contribution in [1.29, 1.82) is 0 Å². The fraction of sp³-hybridized carbons (Fsp3) is 0.294. The molecule has 2 rings (SSSR count). The van der Waals surface area contributed by atoms with Crippen molar-refractivity contribution in [3.05, 3.63) is 54.1 Å². The summed E-state index contributed by atoms with van der Waals surface area (Å²) in [6.45, 7) is 4.09. The second kappa shape index (κ2) is 8.14. The Kier molecular flexibility index (Phi) is 6.19. The number of ether oxygens (including phenoxy) is 2. The lowest BCUT2D eigenvalue weighted by Crippen LogP contribution is -2.33. The molecule has 2 N–H and O–H groups in total. The van der Waals surface area contributed by atoms with E-state index in [0.29, 0.717) is 18.1 Å². The molecule has 0 bridgehead atoms. The van der Waals surface area contributed by atoms with Crippen LogP contribution in [-0.4, -0.2) is 27.9 Å². The molecule has 0 saturated heterocycles. The van der Waals surface area contributed by atoms with Gasteiger partial charge < -0.3 is 15.2 Å². The van der Waals surface area contributed by atoms with E-state index in [-0.39, 0.29) is 11.5 Å². The van der Waals surface area contributed by atoms with Gasteiger partial charge in [-0.1, -0.05) is 29.8 Å². The fourth-order valence-corrected chi connectivity index (χ4v) is 2.93. The minimum Gasteiger partial charge on any atom is -0.490 e. The molecule has 6 nitrogen and oxygen atoms in total. The summed E-state index contributed by atoms with van der Waals surface area (Å²) >= 11 is 0. The van der Waals surface area contributed by atoms with Gasteiger partial charge in [-0.15, -0.1) is 0 Å². The predicted octanol–water partition coefficient (Wildman–Crippen LogP) is 2.46. The zero-order valence-electron chi connectivity index (χ0n) is 13.6. The summed E-state index contributed by atoms with van der Waals surface area (Å²) in [5.41, 5.74) is 6.68. The molecule has 0 aliphatic heterocycles. The van der Waals surface area contributed by atoms with E-state index in [9.17, 15) is 8.42 Å². The topological polar surface area (TPSA) is 87.8 Å². The molecular formula is C17H21NO5S. The first-order valence-corrected chi connectivity index (χ1v) is 8.93. The third-order valence-corrected chi connectivity index (χ3v) is 4.46. The summed E-state index contributed by atoms with van der Waals surface area (Å²) < 4.78 is 40.2. The van der Waals surface area contributed by atoms with E-state index < -0.39 is 16.3 Å². The minimum atomic E-state index is -3.94. The molecule has 0 spiro atoms. The molecule has 0 aliphatic rings. The van der Waals surface area contributed by atoms with Crippen molar-refractivity contribution in [2.24, 2.45) is 5.73 Å². The number of aryl methyl sites for hydroxylation is 1. The van der Waals surface area contributed by atoms with Gasteiger partial charge in [0.05, 0.1) is 11.5 Å². The summed E-state index contributed by atoms with van der Waals surface area (Å²) in [7, 11) is -3.94. The second-order valence-electron chi connectivity index (χ2n) is 5.09. The van der Waals surface area contributed by atoms with Gasteiger partial charge in [0.15, 0.2) is 17.7 Å². The van der Waals surface area contributed by atoms with E-state index in [2.05, 4.69) is 0 Å². The molecular weight excluding hydrogens is 330 g/mol. The summed E-state index contributed by atoms with van der Waals surface area (Å²) in [5.74, 6) is 1.04. The smallest absolute Gasteiger partial charge is 0.298 e. The van der Waals surface area contributed by atoms with E-state index >= 15 is 0 Å². The highest BCUT2D eigenvalue weighted by Crippen LogP contribution is 2.26. The van der Waals surface area contributed by atoms with Crippen LogP contribution in [0.3, 0.4) is 0 Å². The van der Waals surface area contributed by atoms with E-state index in [0.717, 1.165) is 5.56 Å².